The maximum atomic E-state index is 13.2. The second-order valence-electron chi connectivity index (χ2n) is 7.67. The maximum absolute atomic E-state index is 13.2. The van der Waals surface area contributed by atoms with Gasteiger partial charge in [-0.15, -0.1) is 0 Å². The van der Waals surface area contributed by atoms with Crippen molar-refractivity contribution in [3.63, 3.8) is 0 Å². The van der Waals surface area contributed by atoms with Crippen LogP contribution in [0.1, 0.15) is 51.1 Å². The third-order valence-corrected chi connectivity index (χ3v) is 8.00. The molecule has 9 heteroatoms. The van der Waals surface area contributed by atoms with E-state index in [2.05, 4.69) is 15.2 Å². The summed E-state index contributed by atoms with van der Waals surface area (Å²) in [6.07, 6.45) is 6.46. The first kappa shape index (κ1) is 21.3. The number of carbonyl (C=O) groups is 1. The number of hydrogen-bond donors (Lipinski definition) is 1. The predicted octanol–water partition coefficient (Wildman–Crippen LogP) is 1.35. The number of piperazine rings is 1. The third kappa shape index (κ3) is 4.41. The Kier molecular flexibility index (Phi) is 7.11. The number of nitrogens with one attached hydrogen (secondary N) is 1. The van der Waals surface area contributed by atoms with E-state index in [0.717, 1.165) is 31.5 Å². The minimum atomic E-state index is -3.44. The summed E-state index contributed by atoms with van der Waals surface area (Å²) in [5, 5.41) is 2.76. The molecule has 0 aromatic carbocycles. The zero-order chi connectivity index (χ0) is 20.1. The van der Waals surface area contributed by atoms with Crippen LogP contribution in [0.4, 0.5) is 0 Å². The number of amides is 1. The standard InChI is InChI=1S/C19H32N4O4S/c1-3-17-18(24)20-9-11-22(17)14-15-13-21-19(23(15)10-6-12-27-2)28(25,26)16-7-4-5-8-16/h13,16-17H,3-12,14H2,1-2H3,(H,20,24). The highest BCUT2D eigenvalue weighted by molar-refractivity contribution is 7.91. The summed E-state index contributed by atoms with van der Waals surface area (Å²) in [5.41, 5.74) is 0.848. The lowest BCUT2D eigenvalue weighted by Gasteiger charge is -2.34. The summed E-state index contributed by atoms with van der Waals surface area (Å²) < 4.78 is 33.3. The molecule has 2 aliphatic rings. The van der Waals surface area contributed by atoms with Gasteiger partial charge in [0.2, 0.25) is 20.9 Å². The smallest absolute Gasteiger partial charge is 0.237 e. The lowest BCUT2D eigenvalue weighted by molar-refractivity contribution is -0.129. The summed E-state index contributed by atoms with van der Waals surface area (Å²) in [7, 11) is -1.80. The molecule has 1 aliphatic heterocycles. The Morgan fingerprint density at radius 2 is 2.07 bits per heavy atom. The second kappa shape index (κ2) is 9.37. The third-order valence-electron chi connectivity index (χ3n) is 5.82. The van der Waals surface area contributed by atoms with Crippen molar-refractivity contribution in [3.05, 3.63) is 11.9 Å². The van der Waals surface area contributed by atoms with Crippen LogP contribution in [0.15, 0.2) is 11.4 Å². The van der Waals surface area contributed by atoms with Crippen molar-refractivity contribution in [2.75, 3.05) is 26.8 Å². The topological polar surface area (TPSA) is 93.5 Å². The molecule has 3 rings (SSSR count). The zero-order valence-corrected chi connectivity index (χ0v) is 17.7. The molecule has 0 spiro atoms. The largest absolute Gasteiger partial charge is 0.385 e. The van der Waals surface area contributed by atoms with Gasteiger partial charge >= 0.3 is 0 Å². The zero-order valence-electron chi connectivity index (χ0n) is 16.9. The number of sulfone groups is 1. The Hall–Kier alpha value is -1.45. The van der Waals surface area contributed by atoms with E-state index in [1.807, 2.05) is 11.5 Å². The molecule has 1 aromatic heterocycles. The molecule has 1 aromatic rings. The molecule has 1 saturated heterocycles. The van der Waals surface area contributed by atoms with Crippen LogP contribution < -0.4 is 5.32 Å². The molecule has 1 N–H and O–H groups in total. The quantitative estimate of drug-likeness (QED) is 0.616. The van der Waals surface area contributed by atoms with Gasteiger partial charge in [0.05, 0.1) is 23.2 Å². The van der Waals surface area contributed by atoms with Gasteiger partial charge < -0.3 is 14.6 Å². The maximum Gasteiger partial charge on any atom is 0.237 e. The van der Waals surface area contributed by atoms with Gasteiger partial charge in [-0.1, -0.05) is 19.8 Å². The molecule has 8 nitrogen and oxygen atoms in total. The average molecular weight is 413 g/mol. The van der Waals surface area contributed by atoms with Crippen LogP contribution in [0.25, 0.3) is 0 Å². The fraction of sp³-hybridized carbons (Fsp3) is 0.789. The van der Waals surface area contributed by atoms with Crippen LogP contribution >= 0.6 is 0 Å². The van der Waals surface area contributed by atoms with Crippen LogP contribution in [0.5, 0.6) is 0 Å². The summed E-state index contributed by atoms with van der Waals surface area (Å²) in [6, 6.07) is -0.189. The molecule has 0 bridgehead atoms. The molecule has 1 unspecified atom stereocenters. The number of imidazole rings is 1. The average Bonchev–Trinajstić information content (AvgIpc) is 3.33. The van der Waals surface area contributed by atoms with Crippen molar-refractivity contribution in [1.29, 1.82) is 0 Å². The van der Waals surface area contributed by atoms with E-state index in [9.17, 15) is 13.2 Å². The van der Waals surface area contributed by atoms with Crippen LogP contribution in [-0.2, 0) is 32.5 Å². The van der Waals surface area contributed by atoms with Gasteiger partial charge in [0.25, 0.3) is 0 Å². The van der Waals surface area contributed by atoms with Gasteiger partial charge in [-0.25, -0.2) is 13.4 Å². The van der Waals surface area contributed by atoms with Gasteiger partial charge in [-0.05, 0) is 25.7 Å². The lowest BCUT2D eigenvalue weighted by Crippen LogP contribution is -2.54. The van der Waals surface area contributed by atoms with Gasteiger partial charge in [0.1, 0.15) is 0 Å². The number of carbonyl (C=O) groups excluding carboxylic acids is 1. The van der Waals surface area contributed by atoms with Crippen molar-refractivity contribution in [1.82, 2.24) is 19.8 Å². The van der Waals surface area contributed by atoms with E-state index < -0.39 is 9.84 Å². The molecule has 1 saturated carbocycles. The van der Waals surface area contributed by atoms with Crippen molar-refractivity contribution in [2.24, 2.45) is 0 Å². The number of aromatic nitrogens is 2. The molecule has 2 fully saturated rings. The van der Waals surface area contributed by atoms with Crippen molar-refractivity contribution in [2.45, 2.75) is 75.0 Å². The number of hydrogen-bond acceptors (Lipinski definition) is 6. The first-order valence-corrected chi connectivity index (χ1v) is 11.8. The highest BCUT2D eigenvalue weighted by atomic mass is 32.2. The molecule has 2 heterocycles. The summed E-state index contributed by atoms with van der Waals surface area (Å²) in [5.74, 6) is 0.0398. The van der Waals surface area contributed by atoms with Crippen LogP contribution in [0.3, 0.4) is 0 Å². The Morgan fingerprint density at radius 3 is 2.75 bits per heavy atom. The molecule has 1 atom stereocenters. The normalized spacial score (nSPS) is 21.9. The fourth-order valence-corrected chi connectivity index (χ4v) is 6.27. The fourth-order valence-electron chi connectivity index (χ4n) is 4.30. The van der Waals surface area contributed by atoms with Crippen LogP contribution in [0.2, 0.25) is 0 Å². The molecular formula is C19H32N4O4S. The van der Waals surface area contributed by atoms with E-state index in [1.165, 1.54) is 0 Å². The minimum Gasteiger partial charge on any atom is -0.385 e. The van der Waals surface area contributed by atoms with E-state index in [-0.39, 0.29) is 22.4 Å². The number of ether oxygens (including phenoxy) is 1. The highest BCUT2D eigenvalue weighted by Crippen LogP contribution is 2.30. The van der Waals surface area contributed by atoms with Gasteiger partial charge in [0, 0.05) is 39.9 Å². The van der Waals surface area contributed by atoms with E-state index in [1.54, 1.807) is 13.3 Å². The SMILES string of the molecule is CCC1C(=O)NCCN1Cc1cnc(S(=O)(=O)C2CCCC2)n1CCCOC. The number of methoxy groups -OCH3 is 1. The Labute approximate surface area is 167 Å². The van der Waals surface area contributed by atoms with Crippen molar-refractivity contribution >= 4 is 15.7 Å². The molecule has 28 heavy (non-hydrogen) atoms. The first-order chi connectivity index (χ1) is 13.5. The van der Waals surface area contributed by atoms with Gasteiger partial charge in [-0.3, -0.25) is 9.69 Å². The van der Waals surface area contributed by atoms with E-state index in [0.29, 0.717) is 45.5 Å². The molecular weight excluding hydrogens is 380 g/mol. The van der Waals surface area contributed by atoms with Crippen molar-refractivity contribution < 1.29 is 17.9 Å². The molecule has 158 valence electrons. The number of rotatable bonds is 9. The summed E-state index contributed by atoms with van der Waals surface area (Å²) in [4.78, 5) is 18.6. The Morgan fingerprint density at radius 1 is 1.32 bits per heavy atom. The lowest BCUT2D eigenvalue weighted by atomic mass is 10.1. The number of nitrogens with zero attached hydrogens (tertiary/aromatic N) is 3. The van der Waals surface area contributed by atoms with Gasteiger partial charge in [0.15, 0.2) is 0 Å². The van der Waals surface area contributed by atoms with Crippen LogP contribution in [0, 0.1) is 0 Å². The van der Waals surface area contributed by atoms with Gasteiger partial charge in [-0.2, -0.15) is 0 Å². The second-order valence-corrected chi connectivity index (χ2v) is 9.79. The molecule has 1 amide bonds. The molecule has 1 aliphatic carbocycles. The van der Waals surface area contributed by atoms with Crippen molar-refractivity contribution in [3.8, 4) is 0 Å². The monoisotopic (exact) mass is 412 g/mol. The minimum absolute atomic E-state index is 0.0398. The van der Waals surface area contributed by atoms with E-state index in [4.69, 9.17) is 4.74 Å². The molecule has 0 radical (unpaired) electrons. The Bertz CT molecular complexity index is 771. The first-order valence-electron chi connectivity index (χ1n) is 10.3. The summed E-state index contributed by atoms with van der Waals surface area (Å²) >= 11 is 0. The summed E-state index contributed by atoms with van der Waals surface area (Å²) in [6.45, 7) is 4.98. The Balaban J connectivity index is 1.88. The van der Waals surface area contributed by atoms with Crippen LogP contribution in [-0.4, -0.2) is 66.9 Å². The highest BCUT2D eigenvalue weighted by Gasteiger charge is 2.35. The van der Waals surface area contributed by atoms with E-state index >= 15 is 0 Å². The predicted molar refractivity (Wildman–Crippen MR) is 106 cm³/mol.